The van der Waals surface area contributed by atoms with E-state index in [-0.39, 0.29) is 23.1 Å². The Kier molecular flexibility index (Phi) is 3.99. The molecule has 3 amide bonds. The van der Waals surface area contributed by atoms with Gasteiger partial charge in [-0.2, -0.15) is 0 Å². The summed E-state index contributed by atoms with van der Waals surface area (Å²) in [6.45, 7) is 4.63. The smallest absolute Gasteiger partial charge is 0.258 e. The Hall–Kier alpha value is -3.48. The third kappa shape index (κ3) is 2.77. The van der Waals surface area contributed by atoms with Gasteiger partial charge < -0.3 is 9.88 Å². The Labute approximate surface area is 155 Å². The molecular weight excluding hydrogens is 344 g/mol. The van der Waals surface area contributed by atoms with Crippen molar-refractivity contribution >= 4 is 28.8 Å². The maximum atomic E-state index is 12.7. The van der Waals surface area contributed by atoms with E-state index >= 15 is 0 Å². The number of para-hydroxylation sites is 2. The first-order chi connectivity index (χ1) is 13.0. The lowest BCUT2D eigenvalue weighted by Crippen LogP contribution is -2.28. The summed E-state index contributed by atoms with van der Waals surface area (Å²) in [6, 6.07) is 12.0. The van der Waals surface area contributed by atoms with E-state index in [9.17, 15) is 14.4 Å². The van der Waals surface area contributed by atoms with E-state index in [0.717, 1.165) is 23.4 Å². The van der Waals surface area contributed by atoms with Gasteiger partial charge in [0.2, 0.25) is 0 Å². The molecule has 1 aliphatic heterocycles. The van der Waals surface area contributed by atoms with Crippen molar-refractivity contribution in [1.29, 1.82) is 0 Å². The molecule has 0 saturated heterocycles. The van der Waals surface area contributed by atoms with Gasteiger partial charge in [-0.1, -0.05) is 12.1 Å². The zero-order chi connectivity index (χ0) is 19.1. The second kappa shape index (κ2) is 6.35. The Morgan fingerprint density at radius 3 is 2.67 bits per heavy atom. The van der Waals surface area contributed by atoms with Crippen molar-refractivity contribution in [1.82, 2.24) is 20.2 Å². The van der Waals surface area contributed by atoms with Crippen LogP contribution in [0, 0.1) is 0 Å². The van der Waals surface area contributed by atoms with Gasteiger partial charge in [0.05, 0.1) is 28.2 Å². The number of hydrogen-bond acceptors (Lipinski definition) is 4. The van der Waals surface area contributed by atoms with Gasteiger partial charge in [-0.25, -0.2) is 4.98 Å². The van der Waals surface area contributed by atoms with Gasteiger partial charge in [-0.15, -0.1) is 0 Å². The topological polar surface area (TPSA) is 93.1 Å². The third-order valence-electron chi connectivity index (χ3n) is 4.73. The van der Waals surface area contributed by atoms with E-state index in [1.807, 2.05) is 38.1 Å². The molecule has 1 aliphatic rings. The van der Waals surface area contributed by atoms with Crippen LogP contribution in [0.1, 0.15) is 56.8 Å². The van der Waals surface area contributed by atoms with Crippen LogP contribution in [0.25, 0.3) is 11.0 Å². The van der Waals surface area contributed by atoms with Crippen molar-refractivity contribution in [2.24, 2.45) is 0 Å². The van der Waals surface area contributed by atoms with Crippen LogP contribution in [0.2, 0.25) is 0 Å². The van der Waals surface area contributed by atoms with Crippen molar-refractivity contribution in [3.63, 3.8) is 0 Å². The molecule has 2 aromatic carbocycles. The van der Waals surface area contributed by atoms with Crippen LogP contribution in [-0.2, 0) is 6.54 Å². The summed E-state index contributed by atoms with van der Waals surface area (Å²) in [4.78, 5) is 40.7. The predicted octanol–water partition coefficient (Wildman–Crippen LogP) is 2.43. The molecule has 1 atom stereocenters. The minimum atomic E-state index is -0.481. The second-order valence-corrected chi connectivity index (χ2v) is 6.44. The van der Waals surface area contributed by atoms with E-state index < -0.39 is 11.8 Å². The van der Waals surface area contributed by atoms with Crippen LogP contribution in [0.15, 0.2) is 42.5 Å². The number of nitrogens with zero attached hydrogens (tertiary/aromatic N) is 2. The van der Waals surface area contributed by atoms with Crippen LogP contribution in [-0.4, -0.2) is 27.3 Å². The molecular formula is C20H18N4O3. The maximum Gasteiger partial charge on any atom is 0.258 e. The fraction of sp³-hybridized carbons (Fsp3) is 0.200. The molecule has 0 aliphatic carbocycles. The maximum absolute atomic E-state index is 12.7. The van der Waals surface area contributed by atoms with Gasteiger partial charge in [0.25, 0.3) is 17.7 Å². The van der Waals surface area contributed by atoms with Gasteiger partial charge in [0.15, 0.2) is 0 Å². The molecule has 4 rings (SSSR count). The average molecular weight is 362 g/mol. The number of fused-ring (bicyclic) bond motifs is 2. The second-order valence-electron chi connectivity index (χ2n) is 6.44. The van der Waals surface area contributed by atoms with E-state index in [2.05, 4.69) is 20.2 Å². The monoisotopic (exact) mass is 362 g/mol. The number of amides is 3. The molecule has 7 nitrogen and oxygen atoms in total. The standard InChI is InChI=1S/C20H18N4O3/c1-3-24-16-7-5-4-6-15(16)22-17(24)11(2)21-18(25)12-8-9-13-14(10-12)20(27)23-19(13)26/h4-11H,3H2,1-2H3,(H,21,25)(H,23,26,27). The Morgan fingerprint density at radius 2 is 1.89 bits per heavy atom. The largest absolute Gasteiger partial charge is 0.342 e. The molecule has 3 aromatic rings. The predicted molar refractivity (Wildman–Crippen MR) is 99.5 cm³/mol. The van der Waals surface area contributed by atoms with Gasteiger partial charge >= 0.3 is 0 Å². The number of imide groups is 1. The summed E-state index contributed by atoms with van der Waals surface area (Å²) in [6.07, 6.45) is 0. The number of nitrogens with one attached hydrogen (secondary N) is 2. The molecule has 7 heteroatoms. The summed E-state index contributed by atoms with van der Waals surface area (Å²) >= 11 is 0. The van der Waals surface area contributed by atoms with Gasteiger partial charge in [-0.05, 0) is 44.2 Å². The average Bonchev–Trinajstić information content (AvgIpc) is 3.18. The minimum Gasteiger partial charge on any atom is -0.342 e. The molecule has 0 saturated carbocycles. The number of hydrogen-bond donors (Lipinski definition) is 2. The van der Waals surface area contributed by atoms with Gasteiger partial charge in [0, 0.05) is 12.1 Å². The van der Waals surface area contributed by atoms with Crippen LogP contribution < -0.4 is 10.6 Å². The summed E-state index contributed by atoms with van der Waals surface area (Å²) in [5, 5.41) is 5.15. The SMILES string of the molecule is CCn1c(C(C)NC(=O)c2ccc3c(c2)C(=O)NC3=O)nc2ccccc21. The van der Waals surface area contributed by atoms with Crippen LogP contribution in [0.3, 0.4) is 0 Å². The molecule has 1 unspecified atom stereocenters. The quantitative estimate of drug-likeness (QED) is 0.697. The first-order valence-electron chi connectivity index (χ1n) is 8.75. The fourth-order valence-corrected chi connectivity index (χ4v) is 3.41. The summed E-state index contributed by atoms with van der Waals surface area (Å²) in [7, 11) is 0. The highest BCUT2D eigenvalue weighted by atomic mass is 16.2. The highest BCUT2D eigenvalue weighted by molar-refractivity contribution is 6.22. The lowest BCUT2D eigenvalue weighted by atomic mass is 10.0. The number of rotatable bonds is 4. The number of aromatic nitrogens is 2. The number of aryl methyl sites for hydroxylation is 1. The molecule has 0 spiro atoms. The molecule has 1 aromatic heterocycles. The molecule has 2 heterocycles. The van der Waals surface area contributed by atoms with Crippen molar-refractivity contribution < 1.29 is 14.4 Å². The Balaban J connectivity index is 1.61. The van der Waals surface area contributed by atoms with Crippen molar-refractivity contribution in [3.05, 3.63) is 65.0 Å². The highest BCUT2D eigenvalue weighted by Crippen LogP contribution is 2.22. The Bertz CT molecular complexity index is 1100. The van der Waals surface area contributed by atoms with E-state index in [0.29, 0.717) is 5.56 Å². The van der Waals surface area contributed by atoms with Gasteiger partial charge in [0.1, 0.15) is 5.82 Å². The molecule has 136 valence electrons. The normalized spacial score (nSPS) is 14.1. The molecule has 0 bridgehead atoms. The van der Waals surface area contributed by atoms with Crippen molar-refractivity contribution in [2.75, 3.05) is 0 Å². The lowest BCUT2D eigenvalue weighted by Gasteiger charge is -2.15. The number of carbonyl (C=O) groups is 3. The van der Waals surface area contributed by atoms with Crippen LogP contribution >= 0.6 is 0 Å². The third-order valence-corrected chi connectivity index (χ3v) is 4.73. The first kappa shape index (κ1) is 17.0. The van der Waals surface area contributed by atoms with Crippen LogP contribution in [0.5, 0.6) is 0 Å². The summed E-state index contributed by atoms with van der Waals surface area (Å²) < 4.78 is 2.06. The Morgan fingerprint density at radius 1 is 1.15 bits per heavy atom. The molecule has 2 N–H and O–H groups in total. The molecule has 0 radical (unpaired) electrons. The van der Waals surface area contributed by atoms with Crippen LogP contribution in [0.4, 0.5) is 0 Å². The van der Waals surface area contributed by atoms with E-state index in [4.69, 9.17) is 0 Å². The highest BCUT2D eigenvalue weighted by Gasteiger charge is 2.28. The summed E-state index contributed by atoms with van der Waals surface area (Å²) in [5.74, 6) is -0.481. The zero-order valence-electron chi connectivity index (χ0n) is 14.9. The zero-order valence-corrected chi connectivity index (χ0v) is 14.9. The molecule has 0 fully saturated rings. The van der Waals surface area contributed by atoms with E-state index in [1.54, 1.807) is 6.07 Å². The first-order valence-corrected chi connectivity index (χ1v) is 8.75. The number of imidazole rings is 1. The van der Waals surface area contributed by atoms with Gasteiger partial charge in [-0.3, -0.25) is 19.7 Å². The van der Waals surface area contributed by atoms with Crippen molar-refractivity contribution in [3.8, 4) is 0 Å². The molecule has 27 heavy (non-hydrogen) atoms. The minimum absolute atomic E-state index is 0.223. The number of carbonyl (C=O) groups excluding carboxylic acids is 3. The summed E-state index contributed by atoms with van der Waals surface area (Å²) in [5.41, 5.74) is 2.73. The van der Waals surface area contributed by atoms with Crippen molar-refractivity contribution in [2.45, 2.75) is 26.4 Å². The lowest BCUT2D eigenvalue weighted by molar-refractivity contribution is 0.0878. The van der Waals surface area contributed by atoms with E-state index in [1.165, 1.54) is 12.1 Å². The number of benzene rings is 2. The fourth-order valence-electron chi connectivity index (χ4n) is 3.41.